The zero-order valence-corrected chi connectivity index (χ0v) is 12.3. The van der Waals surface area contributed by atoms with Crippen LogP contribution in [0, 0.1) is 5.92 Å². The second kappa shape index (κ2) is 5.80. The van der Waals surface area contributed by atoms with Crippen molar-refractivity contribution in [3.63, 3.8) is 0 Å². The lowest BCUT2D eigenvalue weighted by molar-refractivity contribution is 0.0805. The topological polar surface area (TPSA) is 91.1 Å². The highest BCUT2D eigenvalue weighted by Crippen LogP contribution is 2.35. The average molecular weight is 314 g/mol. The number of nitrogens with zero attached hydrogens (tertiary/aromatic N) is 1. The third-order valence-corrected chi connectivity index (χ3v) is 5.78. The second-order valence-corrected chi connectivity index (χ2v) is 7.13. The molecule has 8 heteroatoms. The van der Waals surface area contributed by atoms with Gasteiger partial charge in [-0.15, -0.1) is 0 Å². The number of fused-ring (bicyclic) bond motifs is 1. The molecule has 0 radical (unpaired) electrons. The minimum atomic E-state index is -3.50. The van der Waals surface area contributed by atoms with Gasteiger partial charge in [0.15, 0.2) is 11.5 Å². The summed E-state index contributed by atoms with van der Waals surface area (Å²) in [6.07, 6.45) is 1.50. The number of nitrogens with two attached hydrogens (primary N) is 1. The first-order chi connectivity index (χ1) is 10.1. The largest absolute Gasteiger partial charge is 0.454 e. The van der Waals surface area contributed by atoms with Gasteiger partial charge in [-0.05, 0) is 30.9 Å². The van der Waals surface area contributed by atoms with Gasteiger partial charge < -0.3 is 14.3 Å². The Kier molecular flexibility index (Phi) is 4.03. The molecule has 2 aliphatic heterocycles. The van der Waals surface area contributed by atoms with Crippen LogP contribution in [0.1, 0.15) is 12.8 Å². The van der Waals surface area contributed by atoms with Crippen LogP contribution in [0.4, 0.5) is 0 Å². The molecule has 1 fully saturated rings. The van der Waals surface area contributed by atoms with E-state index in [1.807, 2.05) is 0 Å². The molecule has 0 bridgehead atoms. The van der Waals surface area contributed by atoms with Gasteiger partial charge >= 0.3 is 0 Å². The molecule has 0 atom stereocenters. The third-order valence-electron chi connectivity index (χ3n) is 3.89. The maximum atomic E-state index is 12.6. The summed E-state index contributed by atoms with van der Waals surface area (Å²) < 4.78 is 37.2. The lowest BCUT2D eigenvalue weighted by atomic mass is 9.99. The van der Waals surface area contributed by atoms with E-state index in [1.54, 1.807) is 12.1 Å². The fourth-order valence-electron chi connectivity index (χ4n) is 2.64. The summed E-state index contributed by atoms with van der Waals surface area (Å²) in [6.45, 7) is 1.55. The van der Waals surface area contributed by atoms with Gasteiger partial charge in [-0.1, -0.05) is 0 Å². The number of hydrogen-bond donors (Lipinski definition) is 1. The smallest absolute Gasteiger partial charge is 0.243 e. The summed E-state index contributed by atoms with van der Waals surface area (Å²) in [4.78, 5) is 4.88. The fraction of sp³-hybridized carbons (Fsp3) is 0.538. The number of hydrogen-bond acceptors (Lipinski definition) is 6. The summed E-state index contributed by atoms with van der Waals surface area (Å²) in [5.74, 6) is 6.43. The second-order valence-electron chi connectivity index (χ2n) is 5.20. The Balaban J connectivity index is 1.75. The average Bonchev–Trinajstić information content (AvgIpc) is 2.95. The fourth-order valence-corrected chi connectivity index (χ4v) is 4.12. The van der Waals surface area contributed by atoms with Crippen LogP contribution in [0.2, 0.25) is 0 Å². The van der Waals surface area contributed by atoms with Crippen molar-refractivity contribution in [1.29, 1.82) is 0 Å². The molecule has 3 rings (SSSR count). The van der Waals surface area contributed by atoms with Gasteiger partial charge in [0.1, 0.15) is 0 Å². The number of benzene rings is 1. The minimum Gasteiger partial charge on any atom is -0.454 e. The Bertz CT molecular complexity index is 611. The van der Waals surface area contributed by atoms with E-state index >= 15 is 0 Å². The predicted molar refractivity (Wildman–Crippen MR) is 74.2 cm³/mol. The summed E-state index contributed by atoms with van der Waals surface area (Å²) in [6, 6.07) is 4.70. The van der Waals surface area contributed by atoms with E-state index < -0.39 is 10.0 Å². The number of sulfonamides is 1. The summed E-state index contributed by atoms with van der Waals surface area (Å²) >= 11 is 0. The molecule has 1 aromatic carbocycles. The molecule has 0 spiro atoms. The molecule has 2 N–H and O–H groups in total. The monoisotopic (exact) mass is 314 g/mol. The summed E-state index contributed by atoms with van der Waals surface area (Å²) in [7, 11) is -3.50. The normalized spacial score (nSPS) is 19.9. The van der Waals surface area contributed by atoms with Crippen molar-refractivity contribution in [1.82, 2.24) is 4.31 Å². The van der Waals surface area contributed by atoms with Crippen molar-refractivity contribution in [2.75, 3.05) is 26.5 Å². The molecule has 2 aliphatic rings. The van der Waals surface area contributed by atoms with Crippen LogP contribution in [-0.4, -0.2) is 39.2 Å². The van der Waals surface area contributed by atoms with Crippen molar-refractivity contribution >= 4 is 10.0 Å². The van der Waals surface area contributed by atoms with Gasteiger partial charge in [0.25, 0.3) is 0 Å². The van der Waals surface area contributed by atoms with Crippen LogP contribution < -0.4 is 15.4 Å². The molecule has 1 aromatic rings. The zero-order chi connectivity index (χ0) is 14.9. The standard InChI is InChI=1S/C13H18N2O5S/c14-20-8-10-3-5-15(6-4-10)21(16,17)11-1-2-12-13(7-11)19-9-18-12/h1-2,7,10H,3-6,8-9,14H2. The molecular formula is C13H18N2O5S. The summed E-state index contributed by atoms with van der Waals surface area (Å²) in [5, 5.41) is 0. The van der Waals surface area contributed by atoms with Crippen LogP contribution in [0.15, 0.2) is 23.1 Å². The van der Waals surface area contributed by atoms with E-state index in [1.165, 1.54) is 10.4 Å². The first kappa shape index (κ1) is 14.6. The van der Waals surface area contributed by atoms with E-state index in [0.29, 0.717) is 37.1 Å². The molecule has 0 saturated carbocycles. The highest BCUT2D eigenvalue weighted by atomic mass is 32.2. The van der Waals surface area contributed by atoms with Gasteiger partial charge in [-0.25, -0.2) is 14.3 Å². The molecule has 7 nitrogen and oxygen atoms in total. The van der Waals surface area contributed by atoms with Crippen LogP contribution in [0.5, 0.6) is 11.5 Å². The van der Waals surface area contributed by atoms with E-state index in [-0.39, 0.29) is 11.7 Å². The van der Waals surface area contributed by atoms with Gasteiger partial charge in [0.05, 0.1) is 11.5 Å². The van der Waals surface area contributed by atoms with Crippen molar-refractivity contribution in [3.8, 4) is 11.5 Å². The predicted octanol–water partition coefficient (Wildman–Crippen LogP) is 0.706. The quantitative estimate of drug-likeness (QED) is 0.823. The van der Waals surface area contributed by atoms with E-state index in [9.17, 15) is 8.42 Å². The number of ether oxygens (including phenoxy) is 2. The first-order valence-corrected chi connectivity index (χ1v) is 8.27. The third kappa shape index (κ3) is 2.84. The molecule has 0 unspecified atom stereocenters. The van der Waals surface area contributed by atoms with E-state index in [4.69, 9.17) is 15.4 Å². The molecular weight excluding hydrogens is 296 g/mol. The Hall–Kier alpha value is -1.35. The summed E-state index contributed by atoms with van der Waals surface area (Å²) in [5.41, 5.74) is 0. The molecule has 116 valence electrons. The Morgan fingerprint density at radius 2 is 1.95 bits per heavy atom. The van der Waals surface area contributed by atoms with Crippen LogP contribution in [-0.2, 0) is 14.9 Å². The lowest BCUT2D eigenvalue weighted by Gasteiger charge is -2.30. The van der Waals surface area contributed by atoms with Crippen molar-refractivity contribution in [3.05, 3.63) is 18.2 Å². The molecule has 0 aliphatic carbocycles. The van der Waals surface area contributed by atoms with Gasteiger partial charge in [-0.3, -0.25) is 0 Å². The van der Waals surface area contributed by atoms with Crippen LogP contribution in [0.3, 0.4) is 0 Å². The Morgan fingerprint density at radius 3 is 2.67 bits per heavy atom. The Morgan fingerprint density at radius 1 is 1.24 bits per heavy atom. The van der Waals surface area contributed by atoms with Gasteiger partial charge in [-0.2, -0.15) is 4.31 Å². The van der Waals surface area contributed by atoms with Crippen molar-refractivity contribution in [2.24, 2.45) is 11.8 Å². The lowest BCUT2D eigenvalue weighted by Crippen LogP contribution is -2.39. The highest BCUT2D eigenvalue weighted by molar-refractivity contribution is 7.89. The SMILES string of the molecule is NOCC1CCN(S(=O)(=O)c2ccc3c(c2)OCO3)CC1. The Labute approximate surface area is 123 Å². The highest BCUT2D eigenvalue weighted by Gasteiger charge is 2.30. The van der Waals surface area contributed by atoms with Gasteiger partial charge in [0.2, 0.25) is 16.8 Å². The molecule has 0 aromatic heterocycles. The van der Waals surface area contributed by atoms with Crippen LogP contribution >= 0.6 is 0 Å². The maximum Gasteiger partial charge on any atom is 0.243 e. The zero-order valence-electron chi connectivity index (χ0n) is 11.5. The maximum absolute atomic E-state index is 12.6. The van der Waals surface area contributed by atoms with E-state index in [0.717, 1.165) is 12.8 Å². The first-order valence-electron chi connectivity index (χ1n) is 6.83. The number of rotatable bonds is 4. The minimum absolute atomic E-state index is 0.128. The van der Waals surface area contributed by atoms with Crippen molar-refractivity contribution in [2.45, 2.75) is 17.7 Å². The van der Waals surface area contributed by atoms with Crippen LogP contribution in [0.25, 0.3) is 0 Å². The van der Waals surface area contributed by atoms with Gasteiger partial charge in [0, 0.05) is 19.2 Å². The van der Waals surface area contributed by atoms with E-state index in [2.05, 4.69) is 4.84 Å². The number of piperidine rings is 1. The van der Waals surface area contributed by atoms with Crippen molar-refractivity contribution < 1.29 is 22.7 Å². The molecule has 1 saturated heterocycles. The molecule has 21 heavy (non-hydrogen) atoms. The molecule has 0 amide bonds. The molecule has 2 heterocycles.